The lowest BCUT2D eigenvalue weighted by molar-refractivity contribution is 0.199. The number of aliphatic hydroxyl groups excluding tert-OH is 1. The maximum absolute atomic E-state index is 9.45. The molecular formula is C14H16N2OS. The number of aliphatic hydroxyl groups is 1. The zero-order chi connectivity index (χ0) is 13.1. The van der Waals surface area contributed by atoms with E-state index in [1.807, 2.05) is 44.2 Å². The molecule has 94 valence electrons. The molecule has 1 heterocycles. The van der Waals surface area contributed by atoms with Gasteiger partial charge >= 0.3 is 0 Å². The molecule has 0 amide bonds. The minimum atomic E-state index is -0.429. The number of nitrogens with zero attached hydrogens (tertiary/aromatic N) is 2. The van der Waals surface area contributed by atoms with E-state index in [4.69, 9.17) is 0 Å². The summed E-state index contributed by atoms with van der Waals surface area (Å²) in [6, 6.07) is 9.77. The zero-order valence-electron chi connectivity index (χ0n) is 10.7. The lowest BCUT2D eigenvalue weighted by Crippen LogP contribution is -1.93. The molecule has 1 unspecified atom stereocenters. The van der Waals surface area contributed by atoms with Gasteiger partial charge in [0.15, 0.2) is 5.16 Å². The molecule has 0 bridgehead atoms. The topological polar surface area (TPSA) is 46.0 Å². The van der Waals surface area contributed by atoms with Crippen LogP contribution in [0.4, 0.5) is 0 Å². The van der Waals surface area contributed by atoms with E-state index >= 15 is 0 Å². The number of aryl methyl sites for hydroxylation is 2. The van der Waals surface area contributed by atoms with Crippen LogP contribution in [0.5, 0.6) is 0 Å². The summed E-state index contributed by atoms with van der Waals surface area (Å²) in [5.41, 5.74) is 2.87. The number of hydrogen-bond acceptors (Lipinski definition) is 4. The predicted octanol–water partition coefficient (Wildman–Crippen LogP) is 3.30. The molecule has 0 aliphatic carbocycles. The fourth-order valence-electron chi connectivity index (χ4n) is 1.66. The molecule has 0 fully saturated rings. The van der Waals surface area contributed by atoms with Crippen LogP contribution in [-0.2, 0) is 0 Å². The van der Waals surface area contributed by atoms with Gasteiger partial charge in [0.2, 0.25) is 0 Å². The van der Waals surface area contributed by atoms with Gasteiger partial charge in [-0.15, -0.1) is 0 Å². The average molecular weight is 260 g/mol. The Bertz CT molecular complexity index is 518. The molecule has 4 heteroatoms. The Morgan fingerprint density at radius 3 is 2.11 bits per heavy atom. The molecule has 18 heavy (non-hydrogen) atoms. The molecule has 0 saturated heterocycles. The summed E-state index contributed by atoms with van der Waals surface area (Å²) in [5.74, 6) is 0. The first kappa shape index (κ1) is 13.1. The standard InChI is InChI=1S/C14H16N2OS/c1-9-8-10(2)16-14(15-9)18-13-6-4-12(5-7-13)11(3)17/h4-8,11,17H,1-3H3. The number of hydrogen-bond donors (Lipinski definition) is 1. The van der Waals surface area contributed by atoms with Crippen LogP contribution in [0.2, 0.25) is 0 Å². The van der Waals surface area contributed by atoms with Gasteiger partial charge in [0.25, 0.3) is 0 Å². The molecule has 0 aliphatic rings. The van der Waals surface area contributed by atoms with Crippen LogP contribution in [0.15, 0.2) is 40.4 Å². The van der Waals surface area contributed by atoms with Gasteiger partial charge in [-0.25, -0.2) is 9.97 Å². The van der Waals surface area contributed by atoms with Crippen LogP contribution in [0, 0.1) is 13.8 Å². The van der Waals surface area contributed by atoms with Crippen LogP contribution in [0.25, 0.3) is 0 Å². The highest BCUT2D eigenvalue weighted by Crippen LogP contribution is 2.26. The van der Waals surface area contributed by atoms with Gasteiger partial charge in [-0.1, -0.05) is 12.1 Å². The quantitative estimate of drug-likeness (QED) is 0.860. The minimum Gasteiger partial charge on any atom is -0.389 e. The van der Waals surface area contributed by atoms with Gasteiger partial charge in [0.1, 0.15) is 0 Å². The largest absolute Gasteiger partial charge is 0.389 e. The summed E-state index contributed by atoms with van der Waals surface area (Å²) in [5, 5.41) is 10.2. The maximum atomic E-state index is 9.45. The van der Waals surface area contributed by atoms with E-state index in [-0.39, 0.29) is 0 Å². The monoisotopic (exact) mass is 260 g/mol. The fraction of sp³-hybridized carbons (Fsp3) is 0.286. The Kier molecular flexibility index (Phi) is 3.99. The van der Waals surface area contributed by atoms with Crippen molar-refractivity contribution in [1.82, 2.24) is 9.97 Å². The summed E-state index contributed by atoms with van der Waals surface area (Å²) < 4.78 is 0. The summed E-state index contributed by atoms with van der Waals surface area (Å²) in [6.45, 7) is 5.69. The van der Waals surface area contributed by atoms with E-state index < -0.39 is 6.10 Å². The molecule has 0 aliphatic heterocycles. The molecule has 2 aromatic rings. The van der Waals surface area contributed by atoms with E-state index in [1.165, 1.54) is 11.8 Å². The average Bonchev–Trinajstić information content (AvgIpc) is 2.28. The van der Waals surface area contributed by atoms with E-state index in [0.29, 0.717) is 0 Å². The van der Waals surface area contributed by atoms with Crippen molar-refractivity contribution in [2.24, 2.45) is 0 Å². The van der Waals surface area contributed by atoms with E-state index in [2.05, 4.69) is 9.97 Å². The molecule has 2 rings (SSSR count). The Balaban J connectivity index is 2.18. The second-order valence-electron chi connectivity index (χ2n) is 4.28. The van der Waals surface area contributed by atoms with E-state index in [0.717, 1.165) is 27.0 Å². The lowest BCUT2D eigenvalue weighted by atomic mass is 10.1. The van der Waals surface area contributed by atoms with Gasteiger partial charge in [-0.2, -0.15) is 0 Å². The Labute approximate surface area is 111 Å². The molecule has 1 aromatic carbocycles. The number of aromatic nitrogens is 2. The first-order chi connectivity index (χ1) is 8.54. The van der Waals surface area contributed by atoms with Crippen LogP contribution in [0.1, 0.15) is 30.0 Å². The Morgan fingerprint density at radius 1 is 1.06 bits per heavy atom. The molecule has 0 saturated carbocycles. The highest BCUT2D eigenvalue weighted by Gasteiger charge is 2.04. The zero-order valence-corrected chi connectivity index (χ0v) is 11.5. The molecule has 3 nitrogen and oxygen atoms in total. The summed E-state index contributed by atoms with van der Waals surface area (Å²) in [7, 11) is 0. The van der Waals surface area contributed by atoms with Crippen molar-refractivity contribution in [3.63, 3.8) is 0 Å². The van der Waals surface area contributed by atoms with Crippen LogP contribution in [-0.4, -0.2) is 15.1 Å². The van der Waals surface area contributed by atoms with Crippen molar-refractivity contribution in [3.05, 3.63) is 47.3 Å². The molecule has 1 aromatic heterocycles. The molecule has 0 spiro atoms. The van der Waals surface area contributed by atoms with Crippen molar-refractivity contribution in [1.29, 1.82) is 0 Å². The van der Waals surface area contributed by atoms with Crippen molar-refractivity contribution in [2.45, 2.75) is 36.9 Å². The Hall–Kier alpha value is -1.39. The fourth-order valence-corrected chi connectivity index (χ4v) is 2.52. The van der Waals surface area contributed by atoms with E-state index in [1.54, 1.807) is 6.92 Å². The van der Waals surface area contributed by atoms with Crippen LogP contribution >= 0.6 is 11.8 Å². The third-order valence-electron chi connectivity index (χ3n) is 2.53. The SMILES string of the molecule is Cc1cc(C)nc(Sc2ccc(C(C)O)cc2)n1. The highest BCUT2D eigenvalue weighted by atomic mass is 32.2. The summed E-state index contributed by atoms with van der Waals surface area (Å²) in [4.78, 5) is 9.85. The normalized spacial score (nSPS) is 12.4. The first-order valence-corrected chi connectivity index (χ1v) is 6.64. The van der Waals surface area contributed by atoms with Gasteiger partial charge < -0.3 is 5.11 Å². The summed E-state index contributed by atoms with van der Waals surface area (Å²) >= 11 is 1.53. The second-order valence-corrected chi connectivity index (χ2v) is 5.32. The highest BCUT2D eigenvalue weighted by molar-refractivity contribution is 7.99. The summed E-state index contributed by atoms with van der Waals surface area (Å²) in [6.07, 6.45) is -0.429. The molecule has 0 radical (unpaired) electrons. The van der Waals surface area contributed by atoms with Crippen molar-refractivity contribution < 1.29 is 5.11 Å². The third-order valence-corrected chi connectivity index (χ3v) is 3.41. The maximum Gasteiger partial charge on any atom is 0.192 e. The third kappa shape index (κ3) is 3.31. The Morgan fingerprint density at radius 2 is 1.61 bits per heavy atom. The van der Waals surface area contributed by atoms with Crippen molar-refractivity contribution in [2.75, 3.05) is 0 Å². The first-order valence-electron chi connectivity index (χ1n) is 5.83. The van der Waals surface area contributed by atoms with Gasteiger partial charge in [-0.3, -0.25) is 0 Å². The van der Waals surface area contributed by atoms with Gasteiger partial charge in [-0.05, 0) is 56.3 Å². The smallest absolute Gasteiger partial charge is 0.192 e. The number of benzene rings is 1. The molecular weight excluding hydrogens is 244 g/mol. The predicted molar refractivity (Wildman–Crippen MR) is 72.7 cm³/mol. The molecule has 1 N–H and O–H groups in total. The van der Waals surface area contributed by atoms with Crippen molar-refractivity contribution in [3.8, 4) is 0 Å². The lowest BCUT2D eigenvalue weighted by Gasteiger charge is -2.06. The van der Waals surface area contributed by atoms with Crippen molar-refractivity contribution >= 4 is 11.8 Å². The minimum absolute atomic E-state index is 0.429. The second kappa shape index (κ2) is 5.50. The van der Waals surface area contributed by atoms with E-state index in [9.17, 15) is 5.11 Å². The number of rotatable bonds is 3. The van der Waals surface area contributed by atoms with Crippen LogP contribution < -0.4 is 0 Å². The van der Waals surface area contributed by atoms with Gasteiger partial charge in [0, 0.05) is 16.3 Å². The van der Waals surface area contributed by atoms with Crippen LogP contribution in [0.3, 0.4) is 0 Å². The van der Waals surface area contributed by atoms with Gasteiger partial charge in [0.05, 0.1) is 6.10 Å². The molecule has 1 atom stereocenters.